The van der Waals surface area contributed by atoms with E-state index in [9.17, 15) is 9.59 Å². The van der Waals surface area contributed by atoms with Crippen molar-refractivity contribution in [3.8, 4) is 0 Å². The predicted molar refractivity (Wildman–Crippen MR) is 123 cm³/mol. The summed E-state index contributed by atoms with van der Waals surface area (Å²) in [5.74, 6) is 1.40. The van der Waals surface area contributed by atoms with E-state index in [2.05, 4.69) is 18.8 Å². The van der Waals surface area contributed by atoms with Gasteiger partial charge in [0, 0.05) is 23.6 Å². The number of hydrogen-bond donors (Lipinski definition) is 0. The second kappa shape index (κ2) is 7.77. The van der Waals surface area contributed by atoms with Crippen molar-refractivity contribution >= 4 is 40.0 Å². The van der Waals surface area contributed by atoms with Crippen LogP contribution in [-0.4, -0.2) is 37.2 Å². The van der Waals surface area contributed by atoms with E-state index in [0.717, 1.165) is 11.3 Å². The molecule has 2 aromatic heterocycles. The molecular weight excluding hydrogens is 410 g/mol. The maximum Gasteiger partial charge on any atom is 0.259 e. The number of para-hydroxylation sites is 1. The van der Waals surface area contributed by atoms with Crippen LogP contribution in [0, 0.1) is 5.92 Å². The van der Waals surface area contributed by atoms with Crippen molar-refractivity contribution in [3.63, 3.8) is 0 Å². The summed E-state index contributed by atoms with van der Waals surface area (Å²) < 4.78 is 1.51. The number of hydrogen-bond acceptors (Lipinski definition) is 6. The standard InChI is InChI=1S/C23H21N5O2S/c1-14(2)11-18-22(30)28-21(25-18)16-7-3-4-8-17(16)26-23(28)31-13-15-12-20(29)27-10-6-5-9-19(27)24-15/h3-10,12,14,18H,11,13H2,1-2H3/t18-/m0/s1. The van der Waals surface area contributed by atoms with Crippen LogP contribution in [0.4, 0.5) is 5.69 Å². The van der Waals surface area contributed by atoms with Crippen LogP contribution < -0.4 is 5.56 Å². The smallest absolute Gasteiger partial charge is 0.259 e. The van der Waals surface area contributed by atoms with Gasteiger partial charge in [-0.15, -0.1) is 0 Å². The van der Waals surface area contributed by atoms with Crippen molar-refractivity contribution in [2.24, 2.45) is 15.9 Å². The molecule has 8 heteroatoms. The van der Waals surface area contributed by atoms with Gasteiger partial charge in [0.1, 0.15) is 17.5 Å². The number of aromatic nitrogens is 2. The lowest BCUT2D eigenvalue weighted by Crippen LogP contribution is -2.41. The molecule has 31 heavy (non-hydrogen) atoms. The number of nitrogens with zero attached hydrogens (tertiary/aromatic N) is 5. The van der Waals surface area contributed by atoms with Crippen molar-refractivity contribution < 1.29 is 4.79 Å². The lowest BCUT2D eigenvalue weighted by atomic mass is 10.0. The number of pyridine rings is 1. The van der Waals surface area contributed by atoms with Crippen molar-refractivity contribution in [3.05, 3.63) is 76.3 Å². The minimum atomic E-state index is -0.393. The van der Waals surface area contributed by atoms with Crippen molar-refractivity contribution in [2.45, 2.75) is 32.1 Å². The molecule has 0 aliphatic carbocycles. The molecule has 5 rings (SSSR count). The number of aliphatic imine (C=N–C) groups is 2. The minimum absolute atomic E-state index is 0.0454. The summed E-state index contributed by atoms with van der Waals surface area (Å²) in [5, 5.41) is 0.573. The van der Waals surface area contributed by atoms with Gasteiger partial charge >= 0.3 is 0 Å². The first-order valence-electron chi connectivity index (χ1n) is 10.2. The first-order chi connectivity index (χ1) is 15.0. The molecule has 2 aliphatic heterocycles. The second-order valence-electron chi connectivity index (χ2n) is 7.99. The van der Waals surface area contributed by atoms with Gasteiger partial charge in [0.25, 0.3) is 11.5 Å². The third-order valence-corrected chi connectivity index (χ3v) is 6.19. The lowest BCUT2D eigenvalue weighted by molar-refractivity contribution is -0.124. The largest absolute Gasteiger partial charge is 0.271 e. The van der Waals surface area contributed by atoms with E-state index >= 15 is 0 Å². The van der Waals surface area contributed by atoms with Crippen LogP contribution >= 0.6 is 11.8 Å². The maximum absolute atomic E-state index is 13.2. The number of amides is 1. The number of amidine groups is 2. The van der Waals surface area contributed by atoms with E-state index in [1.54, 1.807) is 23.2 Å². The number of thioether (sulfide) groups is 1. The van der Waals surface area contributed by atoms with Crippen molar-refractivity contribution in [2.75, 3.05) is 0 Å². The molecule has 1 atom stereocenters. The second-order valence-corrected chi connectivity index (χ2v) is 8.93. The quantitative estimate of drug-likeness (QED) is 0.632. The van der Waals surface area contributed by atoms with Gasteiger partial charge in [-0.1, -0.05) is 43.8 Å². The van der Waals surface area contributed by atoms with E-state index in [0.29, 0.717) is 40.4 Å². The average molecular weight is 432 g/mol. The first-order valence-corrected chi connectivity index (χ1v) is 11.2. The topological polar surface area (TPSA) is 79.4 Å². The van der Waals surface area contributed by atoms with Gasteiger partial charge in [0.2, 0.25) is 0 Å². The number of fused-ring (bicyclic) bond motifs is 4. The zero-order chi connectivity index (χ0) is 21.5. The Hall–Kier alpha value is -3.26. The summed E-state index contributed by atoms with van der Waals surface area (Å²) in [4.78, 5) is 41.3. The summed E-state index contributed by atoms with van der Waals surface area (Å²) in [7, 11) is 0. The Labute approximate surface area is 183 Å². The van der Waals surface area contributed by atoms with Crippen LogP contribution in [0.5, 0.6) is 0 Å². The molecule has 0 N–H and O–H groups in total. The van der Waals surface area contributed by atoms with Crippen molar-refractivity contribution in [1.82, 2.24) is 14.3 Å². The first kappa shape index (κ1) is 19.7. The fourth-order valence-electron chi connectivity index (χ4n) is 3.81. The van der Waals surface area contributed by atoms with Crippen LogP contribution in [-0.2, 0) is 10.5 Å². The molecule has 0 unspecified atom stereocenters. The highest BCUT2D eigenvalue weighted by atomic mass is 32.2. The molecule has 0 saturated carbocycles. The molecule has 0 spiro atoms. The molecular formula is C23H21N5O2S. The Bertz CT molecular complexity index is 1310. The summed E-state index contributed by atoms with van der Waals surface area (Å²) in [6, 6.07) is 14.3. The SMILES string of the molecule is CC(C)C[C@@H]1N=C2c3ccccc3N=C(SCc3cc(=O)n4ccccc4n3)N2C1=O. The predicted octanol–water partition coefficient (Wildman–Crippen LogP) is 3.63. The maximum atomic E-state index is 13.2. The van der Waals surface area contributed by atoms with Gasteiger partial charge in [-0.25, -0.2) is 14.9 Å². The van der Waals surface area contributed by atoms with Crippen LogP contribution in [0.1, 0.15) is 31.5 Å². The van der Waals surface area contributed by atoms with Crippen LogP contribution in [0.3, 0.4) is 0 Å². The fourth-order valence-corrected chi connectivity index (χ4v) is 4.71. The third-order valence-electron chi connectivity index (χ3n) is 5.22. The van der Waals surface area contributed by atoms with Gasteiger partial charge in [-0.3, -0.25) is 19.0 Å². The summed E-state index contributed by atoms with van der Waals surface area (Å²) in [6.07, 6.45) is 2.40. The summed E-state index contributed by atoms with van der Waals surface area (Å²) in [5.41, 5.74) is 2.77. The Morgan fingerprint density at radius 1 is 1.10 bits per heavy atom. The molecule has 156 valence electrons. The highest BCUT2D eigenvalue weighted by Gasteiger charge is 2.41. The summed E-state index contributed by atoms with van der Waals surface area (Å²) in [6.45, 7) is 4.18. The molecule has 1 amide bonds. The van der Waals surface area contributed by atoms with Crippen molar-refractivity contribution in [1.29, 1.82) is 0 Å². The molecule has 7 nitrogen and oxygen atoms in total. The zero-order valence-corrected chi connectivity index (χ0v) is 18.0. The molecule has 3 aromatic rings. The fraction of sp³-hybridized carbons (Fsp3) is 0.261. The zero-order valence-electron chi connectivity index (χ0n) is 17.2. The van der Waals surface area contributed by atoms with E-state index in [1.807, 2.05) is 30.3 Å². The molecule has 0 saturated heterocycles. The molecule has 0 bridgehead atoms. The number of carbonyl (C=O) groups is 1. The van der Waals surface area contributed by atoms with Gasteiger partial charge in [0.15, 0.2) is 5.17 Å². The van der Waals surface area contributed by atoms with Crippen LogP contribution in [0.2, 0.25) is 0 Å². The van der Waals surface area contributed by atoms with Crippen LogP contribution in [0.25, 0.3) is 5.65 Å². The van der Waals surface area contributed by atoms with Gasteiger partial charge < -0.3 is 0 Å². The third kappa shape index (κ3) is 3.57. The Morgan fingerprint density at radius 3 is 2.74 bits per heavy atom. The monoisotopic (exact) mass is 431 g/mol. The average Bonchev–Trinajstić information content (AvgIpc) is 3.08. The van der Waals surface area contributed by atoms with E-state index in [-0.39, 0.29) is 11.5 Å². The number of benzene rings is 1. The molecule has 1 aromatic carbocycles. The molecule has 0 radical (unpaired) electrons. The van der Waals surface area contributed by atoms with Gasteiger partial charge in [0.05, 0.1) is 11.4 Å². The normalized spacial score (nSPS) is 17.6. The van der Waals surface area contributed by atoms with Gasteiger partial charge in [-0.05, 0) is 36.6 Å². The number of carbonyl (C=O) groups excluding carboxylic acids is 1. The van der Waals surface area contributed by atoms with E-state index < -0.39 is 6.04 Å². The number of rotatable bonds is 4. The van der Waals surface area contributed by atoms with E-state index in [1.165, 1.54) is 22.2 Å². The Balaban J connectivity index is 1.48. The Kier molecular flexibility index (Phi) is 4.94. The van der Waals surface area contributed by atoms with Crippen LogP contribution in [0.15, 0.2) is 69.5 Å². The highest BCUT2D eigenvalue weighted by molar-refractivity contribution is 8.13. The lowest BCUT2D eigenvalue weighted by Gasteiger charge is -2.25. The van der Waals surface area contributed by atoms with Gasteiger partial charge in [-0.2, -0.15) is 0 Å². The molecule has 2 aliphatic rings. The molecule has 0 fully saturated rings. The highest BCUT2D eigenvalue weighted by Crippen LogP contribution is 2.35. The Morgan fingerprint density at radius 2 is 1.90 bits per heavy atom. The molecule has 4 heterocycles. The summed E-state index contributed by atoms with van der Waals surface area (Å²) >= 11 is 1.40. The minimum Gasteiger partial charge on any atom is -0.271 e. The van der Waals surface area contributed by atoms with E-state index in [4.69, 9.17) is 9.98 Å².